The number of rotatable bonds is 8. The molecule has 2 heterocycles. The van der Waals surface area contributed by atoms with E-state index in [0.717, 1.165) is 30.5 Å². The van der Waals surface area contributed by atoms with Gasteiger partial charge in [-0.15, -0.1) is 0 Å². The maximum Gasteiger partial charge on any atom is 0.248 e. The van der Waals surface area contributed by atoms with Crippen LogP contribution in [-0.4, -0.2) is 48.1 Å². The van der Waals surface area contributed by atoms with E-state index in [1.165, 1.54) is 16.4 Å². The number of carbonyl (C=O) groups is 1. The van der Waals surface area contributed by atoms with Crippen molar-refractivity contribution in [1.82, 2.24) is 14.1 Å². The molecule has 0 aliphatic carbocycles. The number of hydrogen-bond acceptors (Lipinski definition) is 5. The summed E-state index contributed by atoms with van der Waals surface area (Å²) in [4.78, 5) is 12.6. The highest BCUT2D eigenvalue weighted by Crippen LogP contribution is 2.31. The molecule has 1 aromatic heterocycles. The Hall–Kier alpha value is -3.43. The van der Waals surface area contributed by atoms with Crippen molar-refractivity contribution in [3.05, 3.63) is 72.6 Å². The molecule has 1 aliphatic rings. The summed E-state index contributed by atoms with van der Waals surface area (Å²) in [6.45, 7) is 3.12. The molecule has 8 nitrogen and oxygen atoms in total. The maximum atomic E-state index is 13.3. The van der Waals surface area contributed by atoms with Crippen molar-refractivity contribution in [1.29, 1.82) is 0 Å². The van der Waals surface area contributed by atoms with Crippen LogP contribution in [0.3, 0.4) is 0 Å². The highest BCUT2D eigenvalue weighted by Gasteiger charge is 2.29. The minimum atomic E-state index is -3.72. The smallest absolute Gasteiger partial charge is 0.248 e. The highest BCUT2D eigenvalue weighted by atomic mass is 32.2. The number of nitrogens with one attached hydrogen (secondary N) is 1. The predicted octanol–water partition coefficient (Wildman–Crippen LogP) is 4.10. The molecule has 2 aromatic carbocycles. The molecule has 1 amide bonds. The van der Waals surface area contributed by atoms with Crippen molar-refractivity contribution >= 4 is 27.7 Å². The quantitative estimate of drug-likeness (QED) is 0.490. The molecule has 178 valence electrons. The first-order valence-corrected chi connectivity index (χ1v) is 12.8. The van der Waals surface area contributed by atoms with Gasteiger partial charge in [0.15, 0.2) is 0 Å². The number of para-hydroxylation sites is 1. The topological polar surface area (TPSA) is 93.5 Å². The van der Waals surface area contributed by atoms with Gasteiger partial charge in [-0.1, -0.05) is 24.6 Å². The first-order valence-electron chi connectivity index (χ1n) is 11.3. The van der Waals surface area contributed by atoms with Gasteiger partial charge in [0.25, 0.3) is 0 Å². The lowest BCUT2D eigenvalue weighted by atomic mass is 10.2. The van der Waals surface area contributed by atoms with Crippen LogP contribution in [0.15, 0.2) is 71.9 Å². The number of amides is 1. The average molecular weight is 481 g/mol. The molecule has 34 heavy (non-hydrogen) atoms. The van der Waals surface area contributed by atoms with Crippen molar-refractivity contribution in [2.45, 2.75) is 31.1 Å². The van der Waals surface area contributed by atoms with E-state index >= 15 is 0 Å². The van der Waals surface area contributed by atoms with Gasteiger partial charge in [0.2, 0.25) is 15.9 Å². The molecule has 4 rings (SSSR count). The van der Waals surface area contributed by atoms with Crippen LogP contribution >= 0.6 is 0 Å². The Bertz CT molecular complexity index is 1260. The number of nitrogens with zero attached hydrogens (tertiary/aromatic N) is 3. The Morgan fingerprint density at radius 3 is 2.62 bits per heavy atom. The minimum absolute atomic E-state index is 0.0715. The summed E-state index contributed by atoms with van der Waals surface area (Å²) in [5.41, 5.74) is 2.07. The number of aromatic nitrogens is 2. The summed E-state index contributed by atoms with van der Waals surface area (Å²) in [6.07, 6.45) is 9.23. The zero-order valence-corrected chi connectivity index (χ0v) is 19.9. The van der Waals surface area contributed by atoms with E-state index in [2.05, 4.69) is 10.4 Å². The van der Waals surface area contributed by atoms with Gasteiger partial charge in [-0.25, -0.2) is 13.1 Å². The summed E-state index contributed by atoms with van der Waals surface area (Å²) < 4.78 is 35.3. The Labute approximate surface area is 199 Å². The van der Waals surface area contributed by atoms with Gasteiger partial charge in [-0.05, 0) is 56.2 Å². The lowest BCUT2D eigenvalue weighted by molar-refractivity contribution is -0.111. The van der Waals surface area contributed by atoms with Crippen LogP contribution in [0.1, 0.15) is 31.7 Å². The SMILES string of the molecule is CCOc1ccc(NC(=O)/C=C/c2cnn(-c3ccccc3)c2)cc1S(=O)(=O)N1CCCCC1. The van der Waals surface area contributed by atoms with E-state index in [-0.39, 0.29) is 16.6 Å². The fourth-order valence-corrected chi connectivity index (χ4v) is 5.48. The number of benzene rings is 2. The summed E-state index contributed by atoms with van der Waals surface area (Å²) in [5, 5.41) is 7.05. The molecule has 1 N–H and O–H groups in total. The molecule has 0 radical (unpaired) electrons. The fraction of sp³-hybridized carbons (Fsp3) is 0.280. The third-order valence-corrected chi connectivity index (χ3v) is 7.41. The normalized spacial score (nSPS) is 14.9. The second-order valence-corrected chi connectivity index (χ2v) is 9.84. The third-order valence-electron chi connectivity index (χ3n) is 5.49. The number of piperidine rings is 1. The van der Waals surface area contributed by atoms with Crippen LogP contribution in [-0.2, 0) is 14.8 Å². The Morgan fingerprint density at radius 2 is 1.88 bits per heavy atom. The molecule has 0 unspecified atom stereocenters. The van der Waals surface area contributed by atoms with Crippen molar-refractivity contribution in [3.63, 3.8) is 0 Å². The van der Waals surface area contributed by atoms with Gasteiger partial charge in [0.1, 0.15) is 10.6 Å². The van der Waals surface area contributed by atoms with Crippen LogP contribution in [0.25, 0.3) is 11.8 Å². The second kappa shape index (κ2) is 10.7. The fourth-order valence-electron chi connectivity index (χ4n) is 3.81. The monoisotopic (exact) mass is 480 g/mol. The number of hydrogen-bond donors (Lipinski definition) is 1. The molecule has 0 spiro atoms. The molecule has 0 atom stereocenters. The second-order valence-electron chi connectivity index (χ2n) is 7.94. The Morgan fingerprint density at radius 1 is 1.12 bits per heavy atom. The predicted molar refractivity (Wildman–Crippen MR) is 131 cm³/mol. The highest BCUT2D eigenvalue weighted by molar-refractivity contribution is 7.89. The van der Waals surface area contributed by atoms with E-state index in [1.807, 2.05) is 36.5 Å². The average Bonchev–Trinajstić information content (AvgIpc) is 3.34. The van der Waals surface area contributed by atoms with Gasteiger partial charge < -0.3 is 10.1 Å². The first-order chi connectivity index (χ1) is 16.5. The lowest BCUT2D eigenvalue weighted by Crippen LogP contribution is -2.35. The molecule has 9 heteroatoms. The van der Waals surface area contributed by atoms with Gasteiger partial charge in [0, 0.05) is 36.6 Å². The number of anilines is 1. The van der Waals surface area contributed by atoms with Crippen LogP contribution in [0.5, 0.6) is 5.75 Å². The van der Waals surface area contributed by atoms with Crippen molar-refractivity contribution in [3.8, 4) is 11.4 Å². The standard InChI is InChI=1S/C25H28N4O4S/c1-2-33-23-13-12-21(17-24(23)34(31,32)28-15-7-4-8-16-28)27-25(30)14-11-20-18-26-29(19-20)22-9-5-3-6-10-22/h3,5-6,9-14,17-19H,2,4,7-8,15-16H2,1H3,(H,27,30)/b14-11+. The third kappa shape index (κ3) is 5.55. The van der Waals surface area contributed by atoms with E-state index in [0.29, 0.717) is 25.4 Å². The summed E-state index contributed by atoms with van der Waals surface area (Å²) in [7, 11) is -3.72. The Balaban J connectivity index is 1.49. The van der Waals surface area contributed by atoms with Crippen molar-refractivity contribution < 1.29 is 17.9 Å². The largest absolute Gasteiger partial charge is 0.492 e. The minimum Gasteiger partial charge on any atom is -0.492 e. The van der Waals surface area contributed by atoms with Crippen LogP contribution in [0, 0.1) is 0 Å². The number of carbonyl (C=O) groups excluding carboxylic acids is 1. The zero-order valence-electron chi connectivity index (χ0n) is 19.1. The molecular formula is C25H28N4O4S. The van der Waals surface area contributed by atoms with Crippen LogP contribution < -0.4 is 10.1 Å². The van der Waals surface area contributed by atoms with Crippen molar-refractivity contribution in [2.75, 3.05) is 25.0 Å². The van der Waals surface area contributed by atoms with E-state index in [9.17, 15) is 13.2 Å². The van der Waals surface area contributed by atoms with E-state index < -0.39 is 10.0 Å². The molecule has 3 aromatic rings. The van der Waals surface area contributed by atoms with Crippen molar-refractivity contribution in [2.24, 2.45) is 0 Å². The molecule has 1 aliphatic heterocycles. The molecule has 0 saturated carbocycles. The maximum absolute atomic E-state index is 13.3. The van der Waals surface area contributed by atoms with Gasteiger partial charge in [-0.3, -0.25) is 4.79 Å². The van der Waals surface area contributed by atoms with Crippen LogP contribution in [0.2, 0.25) is 0 Å². The molecular weight excluding hydrogens is 452 g/mol. The Kier molecular flexibility index (Phi) is 7.44. The molecule has 1 fully saturated rings. The number of ether oxygens (including phenoxy) is 1. The summed E-state index contributed by atoms with van der Waals surface area (Å²) in [5.74, 6) is -0.0899. The lowest BCUT2D eigenvalue weighted by Gasteiger charge is -2.26. The number of sulfonamides is 1. The van der Waals surface area contributed by atoms with E-state index in [1.54, 1.807) is 36.0 Å². The summed E-state index contributed by atoms with van der Waals surface area (Å²) >= 11 is 0. The van der Waals surface area contributed by atoms with Gasteiger partial charge in [-0.2, -0.15) is 9.40 Å². The molecule has 0 bridgehead atoms. The zero-order chi connectivity index (χ0) is 24.0. The first kappa shape index (κ1) is 23.7. The summed E-state index contributed by atoms with van der Waals surface area (Å²) in [6, 6.07) is 14.4. The molecule has 1 saturated heterocycles. The van der Waals surface area contributed by atoms with E-state index in [4.69, 9.17) is 4.74 Å². The van der Waals surface area contributed by atoms with Gasteiger partial charge >= 0.3 is 0 Å². The van der Waals surface area contributed by atoms with Gasteiger partial charge in [0.05, 0.1) is 18.5 Å². The van der Waals surface area contributed by atoms with Crippen LogP contribution in [0.4, 0.5) is 5.69 Å².